The maximum absolute atomic E-state index is 12.3. The molecular weight excluding hydrogens is 389 g/mol. The largest absolute Gasteiger partial charge is 0.490 e. The van der Waals surface area contributed by atoms with Crippen LogP contribution in [0.4, 0.5) is 13.2 Å². The molecule has 158 valence electrons. The first-order chi connectivity index (χ1) is 12.3. The van der Waals surface area contributed by atoms with E-state index in [0.717, 1.165) is 26.1 Å². The number of carbonyl (C=O) groups is 2. The topological polar surface area (TPSA) is 95.0 Å². The summed E-state index contributed by atoms with van der Waals surface area (Å²) in [5.74, 6) is -2.05. The Balaban J connectivity index is 0.000000445. The number of hydrogen-bond donors (Lipinski definition) is 1. The van der Waals surface area contributed by atoms with Crippen LogP contribution in [-0.2, 0) is 19.4 Å². The second-order valence-electron chi connectivity index (χ2n) is 7.26. The number of aliphatic carboxylic acids is 1. The van der Waals surface area contributed by atoms with Crippen LogP contribution in [-0.4, -0.2) is 84.6 Å². The maximum Gasteiger partial charge on any atom is 0.490 e. The van der Waals surface area contributed by atoms with Crippen molar-refractivity contribution in [2.75, 3.05) is 31.9 Å². The molecule has 2 heterocycles. The van der Waals surface area contributed by atoms with Crippen LogP contribution < -0.4 is 0 Å². The number of rotatable bonds is 2. The first-order valence-electron chi connectivity index (χ1n) is 8.77. The molecule has 1 N–H and O–H groups in total. The number of carboxylic acids is 1. The molecule has 2 rings (SSSR count). The average molecular weight is 416 g/mol. The van der Waals surface area contributed by atoms with Crippen molar-refractivity contribution in [1.29, 1.82) is 0 Å². The fourth-order valence-corrected chi connectivity index (χ4v) is 5.50. The molecule has 2 fully saturated rings. The number of carbonyl (C=O) groups excluding carboxylic acids is 1. The van der Waals surface area contributed by atoms with E-state index in [0.29, 0.717) is 18.9 Å². The van der Waals surface area contributed by atoms with Crippen LogP contribution in [0, 0.1) is 5.92 Å². The fourth-order valence-electron chi connectivity index (χ4n) is 3.52. The summed E-state index contributed by atoms with van der Waals surface area (Å²) in [6, 6.07) is -0.122. The number of carboxylic acid groups (broad SMARTS) is 1. The van der Waals surface area contributed by atoms with Crippen molar-refractivity contribution >= 4 is 21.7 Å². The fraction of sp³-hybridized carbons (Fsp3) is 0.875. The zero-order chi connectivity index (χ0) is 21.0. The van der Waals surface area contributed by atoms with E-state index in [1.165, 1.54) is 0 Å². The molecule has 27 heavy (non-hydrogen) atoms. The van der Waals surface area contributed by atoms with Crippen molar-refractivity contribution in [2.24, 2.45) is 5.92 Å². The summed E-state index contributed by atoms with van der Waals surface area (Å²) in [6.07, 6.45) is -3.65. The lowest BCUT2D eigenvalue weighted by molar-refractivity contribution is -0.192. The minimum absolute atomic E-state index is 0.00668. The van der Waals surface area contributed by atoms with Crippen LogP contribution in [0.15, 0.2) is 0 Å². The van der Waals surface area contributed by atoms with Gasteiger partial charge in [-0.3, -0.25) is 4.79 Å². The van der Waals surface area contributed by atoms with Crippen LogP contribution in [0.5, 0.6) is 0 Å². The minimum Gasteiger partial charge on any atom is -0.475 e. The lowest BCUT2D eigenvalue weighted by Crippen LogP contribution is -2.56. The number of likely N-dealkylation sites (tertiary alicyclic amines) is 1. The van der Waals surface area contributed by atoms with Gasteiger partial charge < -0.3 is 14.9 Å². The minimum atomic E-state index is -5.08. The molecule has 2 saturated heterocycles. The van der Waals surface area contributed by atoms with Gasteiger partial charge in [0.25, 0.3) is 0 Å². The normalized spacial score (nSPS) is 25.8. The average Bonchev–Trinajstić information content (AvgIpc) is 2.70. The summed E-state index contributed by atoms with van der Waals surface area (Å²) < 4.78 is 56.4. The van der Waals surface area contributed by atoms with Gasteiger partial charge in [0, 0.05) is 32.6 Å². The van der Waals surface area contributed by atoms with Gasteiger partial charge in [-0.15, -0.1) is 0 Å². The quantitative estimate of drug-likeness (QED) is 0.731. The van der Waals surface area contributed by atoms with Gasteiger partial charge >= 0.3 is 12.1 Å². The van der Waals surface area contributed by atoms with Crippen LogP contribution in [0.3, 0.4) is 0 Å². The second kappa shape index (κ2) is 9.22. The highest BCUT2D eigenvalue weighted by Gasteiger charge is 2.43. The summed E-state index contributed by atoms with van der Waals surface area (Å²) >= 11 is 0. The number of amides is 1. The number of sulfone groups is 1. The molecule has 0 aromatic heterocycles. The molecule has 1 amide bonds. The number of alkyl halides is 3. The van der Waals surface area contributed by atoms with Crippen molar-refractivity contribution in [3.63, 3.8) is 0 Å². The molecule has 0 saturated carbocycles. The van der Waals surface area contributed by atoms with Gasteiger partial charge in [-0.2, -0.15) is 13.2 Å². The molecule has 0 aliphatic carbocycles. The van der Waals surface area contributed by atoms with E-state index in [4.69, 9.17) is 9.90 Å². The van der Waals surface area contributed by atoms with Gasteiger partial charge in [0.05, 0.1) is 11.0 Å². The van der Waals surface area contributed by atoms with E-state index in [2.05, 4.69) is 18.7 Å². The lowest BCUT2D eigenvalue weighted by atomic mass is 10.1. The Morgan fingerprint density at radius 3 is 2.11 bits per heavy atom. The third kappa shape index (κ3) is 6.95. The number of hydrogen-bond acceptors (Lipinski definition) is 5. The molecular formula is C16H27F3N2O5S. The molecule has 7 nitrogen and oxygen atoms in total. The van der Waals surface area contributed by atoms with E-state index >= 15 is 0 Å². The van der Waals surface area contributed by atoms with Gasteiger partial charge in [-0.25, -0.2) is 13.2 Å². The molecule has 2 aliphatic rings. The molecule has 0 radical (unpaired) electrons. The Morgan fingerprint density at radius 2 is 1.67 bits per heavy atom. The highest BCUT2D eigenvalue weighted by molar-refractivity contribution is 7.92. The van der Waals surface area contributed by atoms with Gasteiger partial charge in [-0.1, -0.05) is 13.8 Å². The SMILES string of the molecule is CC(=O)N1CCS(=O)(=O)[C@@H]2CCN(CC(C)C)CC[C@@H]21.O=C(O)C(F)(F)F. The lowest BCUT2D eigenvalue weighted by Gasteiger charge is -2.39. The monoisotopic (exact) mass is 416 g/mol. The molecule has 2 atom stereocenters. The van der Waals surface area contributed by atoms with Crippen molar-refractivity contribution < 1.29 is 36.3 Å². The number of fused-ring (bicyclic) bond motifs is 1. The van der Waals surface area contributed by atoms with E-state index in [9.17, 15) is 26.4 Å². The summed E-state index contributed by atoms with van der Waals surface area (Å²) in [7, 11) is -3.05. The van der Waals surface area contributed by atoms with Crippen molar-refractivity contribution in [3.05, 3.63) is 0 Å². The van der Waals surface area contributed by atoms with Crippen LogP contribution in [0.1, 0.15) is 33.6 Å². The van der Waals surface area contributed by atoms with E-state index in [1.54, 1.807) is 11.8 Å². The molecule has 0 bridgehead atoms. The zero-order valence-electron chi connectivity index (χ0n) is 15.7. The maximum atomic E-state index is 12.3. The zero-order valence-corrected chi connectivity index (χ0v) is 16.5. The third-order valence-electron chi connectivity index (χ3n) is 4.65. The summed E-state index contributed by atoms with van der Waals surface area (Å²) in [5, 5.41) is 6.76. The number of nitrogens with zero attached hydrogens (tertiary/aromatic N) is 2. The third-order valence-corrected chi connectivity index (χ3v) is 6.87. The van der Waals surface area contributed by atoms with Gasteiger partial charge in [0.2, 0.25) is 5.91 Å². The predicted molar refractivity (Wildman–Crippen MR) is 93.0 cm³/mol. The molecule has 0 unspecified atom stereocenters. The molecule has 11 heteroatoms. The Hall–Kier alpha value is -1.36. The second-order valence-corrected chi connectivity index (χ2v) is 9.60. The highest BCUT2D eigenvalue weighted by atomic mass is 32.2. The Bertz CT molecular complexity index is 636. The number of halogens is 3. The predicted octanol–water partition coefficient (Wildman–Crippen LogP) is 1.39. The molecule has 0 spiro atoms. The van der Waals surface area contributed by atoms with Crippen molar-refractivity contribution in [3.8, 4) is 0 Å². The van der Waals surface area contributed by atoms with Crippen LogP contribution >= 0.6 is 0 Å². The van der Waals surface area contributed by atoms with E-state index < -0.39 is 22.0 Å². The summed E-state index contributed by atoms with van der Waals surface area (Å²) in [5.41, 5.74) is 0. The van der Waals surface area contributed by atoms with Crippen molar-refractivity contribution in [2.45, 2.75) is 51.1 Å². The molecule has 2 aliphatic heterocycles. The Morgan fingerprint density at radius 1 is 1.15 bits per heavy atom. The van der Waals surface area contributed by atoms with Gasteiger partial charge in [0.1, 0.15) is 0 Å². The summed E-state index contributed by atoms with van der Waals surface area (Å²) in [6.45, 7) is 8.98. The standard InChI is InChI=1S/C14H26N2O3S.C2HF3O2/c1-11(2)10-15-6-4-13-14(5-7-15)20(18,19)9-8-16(13)12(3)17;3-2(4,5)1(6)7/h11,13-14H,4-10H2,1-3H3;(H,6,7)/t13-,14+;/m0./s1. The highest BCUT2D eigenvalue weighted by Crippen LogP contribution is 2.28. The van der Waals surface area contributed by atoms with Gasteiger partial charge in [0.15, 0.2) is 9.84 Å². The molecule has 0 aromatic rings. The van der Waals surface area contributed by atoms with Crippen molar-refractivity contribution in [1.82, 2.24) is 9.80 Å². The smallest absolute Gasteiger partial charge is 0.475 e. The van der Waals surface area contributed by atoms with Crippen LogP contribution in [0.25, 0.3) is 0 Å². The summed E-state index contributed by atoms with van der Waals surface area (Å²) in [4.78, 5) is 24.8. The molecule has 0 aromatic carbocycles. The first kappa shape index (κ1) is 23.7. The first-order valence-corrected chi connectivity index (χ1v) is 10.5. The Labute approximate surface area is 157 Å². The van der Waals surface area contributed by atoms with E-state index in [-0.39, 0.29) is 23.0 Å². The van der Waals surface area contributed by atoms with Gasteiger partial charge in [-0.05, 0) is 25.3 Å². The van der Waals surface area contributed by atoms with Crippen LogP contribution in [0.2, 0.25) is 0 Å². The Kier molecular flexibility index (Phi) is 8.09. The van der Waals surface area contributed by atoms with E-state index in [1.807, 2.05) is 0 Å².